The third kappa shape index (κ3) is 6.12. The third-order valence-electron chi connectivity index (χ3n) is 4.58. The molecule has 0 aliphatic rings. The number of ether oxygens (including phenoxy) is 1. The summed E-state index contributed by atoms with van der Waals surface area (Å²) in [4.78, 5) is 12.4. The van der Waals surface area contributed by atoms with Gasteiger partial charge >= 0.3 is 0 Å². The number of anilines is 1. The van der Waals surface area contributed by atoms with Gasteiger partial charge in [-0.2, -0.15) is 0 Å². The Labute approximate surface area is 191 Å². The Morgan fingerprint density at radius 3 is 2.71 bits per heavy atom. The molecule has 0 spiro atoms. The van der Waals surface area contributed by atoms with Crippen molar-refractivity contribution in [2.45, 2.75) is 39.1 Å². The first-order valence-corrected chi connectivity index (χ1v) is 11.2. The monoisotopic (exact) mass is 456 g/mol. The highest BCUT2D eigenvalue weighted by molar-refractivity contribution is 7.99. The molecule has 0 saturated carbocycles. The van der Waals surface area contributed by atoms with E-state index >= 15 is 0 Å². The summed E-state index contributed by atoms with van der Waals surface area (Å²) in [6.45, 7) is 10.6. The molecule has 0 saturated heterocycles. The van der Waals surface area contributed by atoms with E-state index in [0.29, 0.717) is 28.2 Å². The van der Waals surface area contributed by atoms with Gasteiger partial charge in [-0.3, -0.25) is 9.36 Å². The molecule has 2 aromatic carbocycles. The highest BCUT2D eigenvalue weighted by atomic mass is 35.5. The maximum Gasteiger partial charge on any atom is 0.234 e. The van der Waals surface area contributed by atoms with Gasteiger partial charge < -0.3 is 10.1 Å². The second-order valence-electron chi connectivity index (χ2n) is 7.16. The van der Waals surface area contributed by atoms with Gasteiger partial charge in [-0.05, 0) is 50.1 Å². The maximum atomic E-state index is 12.4. The number of carbonyl (C=O) groups is 1. The van der Waals surface area contributed by atoms with Crippen LogP contribution in [0.15, 0.2) is 54.2 Å². The zero-order valence-electron chi connectivity index (χ0n) is 17.8. The molecule has 1 heterocycles. The molecule has 0 aliphatic carbocycles. The Hall–Kier alpha value is -2.77. The van der Waals surface area contributed by atoms with Crippen LogP contribution in [0.1, 0.15) is 22.5 Å². The van der Waals surface area contributed by atoms with Crippen molar-refractivity contribution in [3.63, 3.8) is 0 Å². The molecule has 3 aromatic rings. The number of aryl methyl sites for hydroxylation is 3. The number of benzene rings is 2. The van der Waals surface area contributed by atoms with Gasteiger partial charge in [0.05, 0.1) is 5.75 Å². The van der Waals surface area contributed by atoms with Crippen LogP contribution in [-0.4, -0.2) is 26.4 Å². The van der Waals surface area contributed by atoms with E-state index in [1.807, 2.05) is 49.6 Å². The largest absolute Gasteiger partial charge is 0.485 e. The molecule has 0 bridgehead atoms. The molecule has 3 rings (SSSR count). The quantitative estimate of drug-likeness (QED) is 0.347. The molecule has 162 valence electrons. The molecular formula is C23H25ClN4O2S. The Morgan fingerprint density at radius 2 is 2.00 bits per heavy atom. The summed E-state index contributed by atoms with van der Waals surface area (Å²) in [6.07, 6.45) is 1.77. The molecule has 1 N–H and O–H groups in total. The fraction of sp³-hybridized carbons (Fsp3) is 0.261. The van der Waals surface area contributed by atoms with Crippen LogP contribution in [0.4, 0.5) is 5.69 Å². The molecule has 6 nitrogen and oxygen atoms in total. The second kappa shape index (κ2) is 10.5. The SMILES string of the molecule is C=CCn1c(COc2ccc(C)cc2C)nnc1SCC(=O)Nc1ccc(C)c(Cl)c1. The van der Waals surface area contributed by atoms with Crippen molar-refractivity contribution >= 4 is 35.0 Å². The van der Waals surface area contributed by atoms with Crippen LogP contribution < -0.4 is 10.1 Å². The maximum absolute atomic E-state index is 12.4. The lowest BCUT2D eigenvalue weighted by molar-refractivity contribution is -0.113. The van der Waals surface area contributed by atoms with Crippen LogP contribution in [0.2, 0.25) is 5.02 Å². The summed E-state index contributed by atoms with van der Waals surface area (Å²) in [7, 11) is 0. The molecule has 0 atom stereocenters. The normalized spacial score (nSPS) is 10.7. The van der Waals surface area contributed by atoms with Gasteiger partial charge in [-0.1, -0.05) is 53.2 Å². The minimum atomic E-state index is -0.147. The zero-order valence-corrected chi connectivity index (χ0v) is 19.4. The first-order valence-electron chi connectivity index (χ1n) is 9.79. The molecule has 0 fully saturated rings. The van der Waals surface area contributed by atoms with Crippen molar-refractivity contribution < 1.29 is 9.53 Å². The summed E-state index contributed by atoms with van der Waals surface area (Å²) < 4.78 is 7.84. The Bertz CT molecular complexity index is 1100. The smallest absolute Gasteiger partial charge is 0.234 e. The lowest BCUT2D eigenvalue weighted by Crippen LogP contribution is -2.15. The van der Waals surface area contributed by atoms with Gasteiger partial charge in [-0.25, -0.2) is 0 Å². The lowest BCUT2D eigenvalue weighted by Gasteiger charge is -2.11. The molecule has 31 heavy (non-hydrogen) atoms. The minimum absolute atomic E-state index is 0.147. The number of aromatic nitrogens is 3. The van der Waals surface area contributed by atoms with E-state index in [1.54, 1.807) is 12.1 Å². The summed E-state index contributed by atoms with van der Waals surface area (Å²) in [6, 6.07) is 11.5. The number of hydrogen-bond donors (Lipinski definition) is 1. The number of rotatable bonds is 9. The Morgan fingerprint density at radius 1 is 1.19 bits per heavy atom. The van der Waals surface area contributed by atoms with Crippen molar-refractivity contribution in [1.82, 2.24) is 14.8 Å². The molecular weight excluding hydrogens is 432 g/mol. The van der Waals surface area contributed by atoms with Gasteiger partial charge in [0.2, 0.25) is 5.91 Å². The predicted octanol–water partition coefficient (Wildman–Crippen LogP) is 5.35. The number of allylic oxidation sites excluding steroid dienone is 1. The van der Waals surface area contributed by atoms with E-state index in [-0.39, 0.29) is 18.3 Å². The van der Waals surface area contributed by atoms with Crippen molar-refractivity contribution in [3.05, 3.63) is 76.6 Å². The van der Waals surface area contributed by atoms with Crippen LogP contribution in [-0.2, 0) is 17.9 Å². The van der Waals surface area contributed by atoms with Gasteiger partial charge in [0.25, 0.3) is 0 Å². The Kier molecular flexibility index (Phi) is 7.76. The molecule has 0 radical (unpaired) electrons. The standard InChI is InChI=1S/C23H25ClN4O2S/c1-5-10-28-21(13-30-20-9-6-15(2)11-17(20)4)26-27-23(28)31-14-22(29)25-18-8-7-16(3)19(24)12-18/h5-9,11-12H,1,10,13-14H2,2-4H3,(H,25,29). The molecule has 0 unspecified atom stereocenters. The fourth-order valence-electron chi connectivity index (χ4n) is 2.95. The zero-order chi connectivity index (χ0) is 22.4. The number of hydrogen-bond acceptors (Lipinski definition) is 5. The average Bonchev–Trinajstić information content (AvgIpc) is 3.10. The first-order chi connectivity index (χ1) is 14.9. The second-order valence-corrected chi connectivity index (χ2v) is 8.51. The van der Waals surface area contributed by atoms with E-state index in [0.717, 1.165) is 16.9 Å². The summed E-state index contributed by atoms with van der Waals surface area (Å²) >= 11 is 7.43. The van der Waals surface area contributed by atoms with Gasteiger partial charge in [0, 0.05) is 17.3 Å². The van der Waals surface area contributed by atoms with E-state index in [2.05, 4.69) is 28.2 Å². The summed E-state index contributed by atoms with van der Waals surface area (Å²) in [5, 5.41) is 12.6. The van der Waals surface area contributed by atoms with Crippen molar-refractivity contribution in [2.24, 2.45) is 0 Å². The van der Waals surface area contributed by atoms with E-state index < -0.39 is 0 Å². The third-order valence-corrected chi connectivity index (χ3v) is 5.95. The molecule has 1 amide bonds. The fourth-order valence-corrected chi connectivity index (χ4v) is 3.89. The minimum Gasteiger partial charge on any atom is -0.485 e. The van der Waals surface area contributed by atoms with Gasteiger partial charge in [0.15, 0.2) is 11.0 Å². The number of nitrogens with one attached hydrogen (secondary N) is 1. The van der Waals surface area contributed by atoms with Crippen LogP contribution in [0.3, 0.4) is 0 Å². The first kappa shape index (κ1) is 22.9. The lowest BCUT2D eigenvalue weighted by atomic mass is 10.1. The topological polar surface area (TPSA) is 69.0 Å². The van der Waals surface area contributed by atoms with E-state index in [1.165, 1.54) is 17.3 Å². The average molecular weight is 457 g/mol. The van der Waals surface area contributed by atoms with Gasteiger partial charge in [-0.15, -0.1) is 16.8 Å². The van der Waals surface area contributed by atoms with Crippen LogP contribution in [0.25, 0.3) is 0 Å². The molecule has 8 heteroatoms. The summed E-state index contributed by atoms with van der Waals surface area (Å²) in [5.41, 5.74) is 3.88. The number of carbonyl (C=O) groups excluding carboxylic acids is 1. The van der Waals surface area contributed by atoms with Crippen LogP contribution in [0.5, 0.6) is 5.75 Å². The van der Waals surface area contributed by atoms with Gasteiger partial charge in [0.1, 0.15) is 12.4 Å². The van der Waals surface area contributed by atoms with Crippen LogP contribution >= 0.6 is 23.4 Å². The number of nitrogens with zero attached hydrogens (tertiary/aromatic N) is 3. The molecule has 0 aliphatic heterocycles. The van der Waals surface area contributed by atoms with E-state index in [9.17, 15) is 4.79 Å². The highest BCUT2D eigenvalue weighted by Gasteiger charge is 2.15. The van der Waals surface area contributed by atoms with E-state index in [4.69, 9.17) is 16.3 Å². The van der Waals surface area contributed by atoms with Crippen LogP contribution in [0, 0.1) is 20.8 Å². The number of thioether (sulfide) groups is 1. The predicted molar refractivity (Wildman–Crippen MR) is 126 cm³/mol. The number of halogens is 1. The Balaban J connectivity index is 1.63. The number of amides is 1. The van der Waals surface area contributed by atoms with Crippen molar-refractivity contribution in [1.29, 1.82) is 0 Å². The summed E-state index contributed by atoms with van der Waals surface area (Å²) in [5.74, 6) is 1.53. The van der Waals surface area contributed by atoms with Crippen molar-refractivity contribution in [2.75, 3.05) is 11.1 Å². The van der Waals surface area contributed by atoms with Crippen molar-refractivity contribution in [3.8, 4) is 5.75 Å². The highest BCUT2D eigenvalue weighted by Crippen LogP contribution is 2.23. The molecule has 1 aromatic heterocycles.